The molecular formula is C21H25F3N2O3S. The van der Waals surface area contributed by atoms with Gasteiger partial charge in [0.1, 0.15) is 6.54 Å². The van der Waals surface area contributed by atoms with Crippen molar-refractivity contribution in [2.45, 2.75) is 50.7 Å². The van der Waals surface area contributed by atoms with Gasteiger partial charge in [0.2, 0.25) is 5.91 Å². The second-order valence-corrected chi connectivity index (χ2v) is 8.99. The number of rotatable bonds is 8. The van der Waals surface area contributed by atoms with Crippen LogP contribution in [0, 0.1) is 6.92 Å². The average molecular weight is 443 g/mol. The minimum absolute atomic E-state index is 0.111. The molecule has 2 aromatic rings. The van der Waals surface area contributed by atoms with Crippen molar-refractivity contribution in [2.75, 3.05) is 10.8 Å². The molecule has 0 bridgehead atoms. The number of aryl methyl sites for hydroxylation is 1. The fraction of sp³-hybridized carbons (Fsp3) is 0.381. The fourth-order valence-corrected chi connectivity index (χ4v) is 4.36. The Morgan fingerprint density at radius 1 is 1.13 bits per heavy atom. The van der Waals surface area contributed by atoms with E-state index in [2.05, 4.69) is 5.32 Å². The van der Waals surface area contributed by atoms with Crippen molar-refractivity contribution < 1.29 is 26.4 Å². The number of benzene rings is 2. The number of nitrogens with zero attached hydrogens (tertiary/aromatic N) is 1. The quantitative estimate of drug-likeness (QED) is 0.654. The molecule has 2 rings (SSSR count). The third-order valence-electron chi connectivity index (χ3n) is 4.49. The van der Waals surface area contributed by atoms with Crippen LogP contribution in [0.3, 0.4) is 0 Å². The number of hydrogen-bond donors (Lipinski definition) is 1. The summed E-state index contributed by atoms with van der Waals surface area (Å²) < 4.78 is 66.6. The number of alkyl halides is 3. The predicted octanol–water partition coefficient (Wildman–Crippen LogP) is 4.51. The second kappa shape index (κ2) is 9.51. The van der Waals surface area contributed by atoms with E-state index < -0.39 is 34.2 Å². The molecule has 5 nitrogen and oxygen atoms in total. The molecule has 9 heteroatoms. The van der Waals surface area contributed by atoms with Crippen molar-refractivity contribution >= 4 is 21.6 Å². The minimum Gasteiger partial charge on any atom is -0.352 e. The van der Waals surface area contributed by atoms with Crippen molar-refractivity contribution in [3.63, 3.8) is 0 Å². The highest BCUT2D eigenvalue weighted by molar-refractivity contribution is 7.92. The number of carbonyl (C=O) groups is 1. The Bertz CT molecular complexity index is 974. The number of halogens is 3. The summed E-state index contributed by atoms with van der Waals surface area (Å²) in [4.78, 5) is 12.4. The lowest BCUT2D eigenvalue weighted by atomic mass is 10.2. The molecule has 2 aromatic carbocycles. The van der Waals surface area contributed by atoms with E-state index >= 15 is 0 Å². The molecule has 0 aromatic heterocycles. The topological polar surface area (TPSA) is 66.5 Å². The maximum Gasteiger partial charge on any atom is 0.416 e. The molecule has 0 unspecified atom stereocenters. The summed E-state index contributed by atoms with van der Waals surface area (Å²) in [5, 5.41) is 2.69. The Labute approximate surface area is 175 Å². The van der Waals surface area contributed by atoms with Gasteiger partial charge in [-0.3, -0.25) is 9.10 Å². The molecule has 0 spiro atoms. The van der Waals surface area contributed by atoms with Crippen molar-refractivity contribution in [1.29, 1.82) is 0 Å². The molecular weight excluding hydrogens is 417 g/mol. The van der Waals surface area contributed by atoms with Gasteiger partial charge < -0.3 is 5.32 Å². The standard InChI is InChI=1S/C21H25F3N2O3S/c1-4-6-16(3)25-20(27)14-26(18-8-5-7-17(13-18)21(22,23)24)30(28,29)19-11-9-15(2)10-12-19/h5,7-13,16H,4,6,14H2,1-3H3,(H,25,27)/t16-/m1/s1. The van der Waals surface area contributed by atoms with E-state index in [0.717, 1.165) is 30.2 Å². The van der Waals surface area contributed by atoms with Gasteiger partial charge in [0.15, 0.2) is 0 Å². The van der Waals surface area contributed by atoms with Crippen LogP contribution in [-0.4, -0.2) is 26.9 Å². The van der Waals surface area contributed by atoms with E-state index in [0.29, 0.717) is 10.7 Å². The van der Waals surface area contributed by atoms with Crippen LogP contribution in [-0.2, 0) is 21.0 Å². The number of hydrogen-bond acceptors (Lipinski definition) is 3. The molecule has 0 heterocycles. The SMILES string of the molecule is CCC[C@@H](C)NC(=O)CN(c1cccc(C(F)(F)F)c1)S(=O)(=O)c1ccc(C)cc1. The highest BCUT2D eigenvalue weighted by atomic mass is 32.2. The first-order chi connectivity index (χ1) is 13.9. The average Bonchev–Trinajstić information content (AvgIpc) is 2.66. The zero-order valence-corrected chi connectivity index (χ0v) is 17.8. The molecule has 1 amide bonds. The lowest BCUT2D eigenvalue weighted by Crippen LogP contribution is -2.43. The summed E-state index contributed by atoms with van der Waals surface area (Å²) in [5.74, 6) is -0.593. The number of amides is 1. The minimum atomic E-state index is -4.65. The van der Waals surface area contributed by atoms with E-state index in [-0.39, 0.29) is 16.6 Å². The first-order valence-corrected chi connectivity index (χ1v) is 10.9. The number of carbonyl (C=O) groups excluding carboxylic acids is 1. The van der Waals surface area contributed by atoms with Crippen LogP contribution in [0.4, 0.5) is 18.9 Å². The summed E-state index contributed by atoms with van der Waals surface area (Å²) in [6.07, 6.45) is -3.13. The molecule has 1 atom stereocenters. The van der Waals surface area contributed by atoms with E-state index in [4.69, 9.17) is 0 Å². The molecule has 0 saturated heterocycles. The van der Waals surface area contributed by atoms with Gasteiger partial charge in [0.25, 0.3) is 10.0 Å². The largest absolute Gasteiger partial charge is 0.416 e. The van der Waals surface area contributed by atoms with Gasteiger partial charge in [-0.1, -0.05) is 37.1 Å². The lowest BCUT2D eigenvalue weighted by molar-refractivity contribution is -0.137. The zero-order chi connectivity index (χ0) is 22.5. The first-order valence-electron chi connectivity index (χ1n) is 9.51. The molecule has 0 aliphatic carbocycles. The van der Waals surface area contributed by atoms with Gasteiger partial charge in [0.05, 0.1) is 16.1 Å². The fourth-order valence-electron chi connectivity index (χ4n) is 2.95. The summed E-state index contributed by atoms with van der Waals surface area (Å²) >= 11 is 0. The number of anilines is 1. The van der Waals surface area contributed by atoms with Crippen LogP contribution in [0.25, 0.3) is 0 Å². The smallest absolute Gasteiger partial charge is 0.352 e. The van der Waals surface area contributed by atoms with Crippen molar-refractivity contribution in [3.05, 3.63) is 59.7 Å². The number of sulfonamides is 1. The molecule has 1 N–H and O–H groups in total. The molecule has 0 fully saturated rings. The Morgan fingerprint density at radius 2 is 1.77 bits per heavy atom. The van der Waals surface area contributed by atoms with Crippen LogP contribution >= 0.6 is 0 Å². The molecule has 164 valence electrons. The van der Waals surface area contributed by atoms with Crippen LogP contribution in [0.1, 0.15) is 37.8 Å². The molecule has 30 heavy (non-hydrogen) atoms. The van der Waals surface area contributed by atoms with Crippen LogP contribution in [0.5, 0.6) is 0 Å². The highest BCUT2D eigenvalue weighted by Gasteiger charge is 2.33. The van der Waals surface area contributed by atoms with E-state index in [1.807, 2.05) is 6.92 Å². The van der Waals surface area contributed by atoms with E-state index in [1.165, 1.54) is 18.2 Å². The van der Waals surface area contributed by atoms with Gasteiger partial charge in [-0.05, 0) is 50.6 Å². The third-order valence-corrected chi connectivity index (χ3v) is 6.27. The number of nitrogens with one attached hydrogen (secondary N) is 1. The van der Waals surface area contributed by atoms with Crippen molar-refractivity contribution in [1.82, 2.24) is 5.32 Å². The van der Waals surface area contributed by atoms with Gasteiger partial charge >= 0.3 is 6.18 Å². The van der Waals surface area contributed by atoms with E-state index in [9.17, 15) is 26.4 Å². The summed E-state index contributed by atoms with van der Waals surface area (Å²) in [5.41, 5.74) is -0.404. The molecule has 0 aliphatic heterocycles. The first kappa shape index (κ1) is 23.7. The maximum absolute atomic E-state index is 13.2. The van der Waals surface area contributed by atoms with Crippen molar-refractivity contribution in [3.8, 4) is 0 Å². The summed E-state index contributed by atoms with van der Waals surface area (Å²) in [6, 6.07) is 9.65. The van der Waals surface area contributed by atoms with Gasteiger partial charge in [-0.2, -0.15) is 13.2 Å². The predicted molar refractivity (Wildman–Crippen MR) is 110 cm³/mol. The Hall–Kier alpha value is -2.55. The Morgan fingerprint density at radius 3 is 2.33 bits per heavy atom. The second-order valence-electron chi connectivity index (χ2n) is 7.13. The summed E-state index contributed by atoms with van der Waals surface area (Å²) in [6.45, 7) is 4.87. The van der Waals surface area contributed by atoms with Crippen LogP contribution in [0.15, 0.2) is 53.4 Å². The molecule has 0 radical (unpaired) electrons. The van der Waals surface area contributed by atoms with E-state index in [1.54, 1.807) is 26.0 Å². The van der Waals surface area contributed by atoms with Crippen molar-refractivity contribution in [2.24, 2.45) is 0 Å². The Kier molecular flexibility index (Phi) is 7.52. The van der Waals surface area contributed by atoms with Gasteiger partial charge in [-0.15, -0.1) is 0 Å². The Balaban J connectivity index is 2.47. The zero-order valence-electron chi connectivity index (χ0n) is 17.0. The lowest BCUT2D eigenvalue weighted by Gasteiger charge is -2.25. The third kappa shape index (κ3) is 5.98. The van der Waals surface area contributed by atoms with Crippen LogP contribution in [0.2, 0.25) is 0 Å². The van der Waals surface area contributed by atoms with Crippen LogP contribution < -0.4 is 9.62 Å². The summed E-state index contributed by atoms with van der Waals surface area (Å²) in [7, 11) is -4.27. The molecule has 0 saturated carbocycles. The monoisotopic (exact) mass is 442 g/mol. The normalized spacial score (nSPS) is 13.0. The highest BCUT2D eigenvalue weighted by Crippen LogP contribution is 2.33. The van der Waals surface area contributed by atoms with Gasteiger partial charge in [0, 0.05) is 6.04 Å². The maximum atomic E-state index is 13.2. The molecule has 0 aliphatic rings. The van der Waals surface area contributed by atoms with Gasteiger partial charge in [-0.25, -0.2) is 8.42 Å².